The normalized spacial score (nSPS) is 13.1. The molecule has 1 rings (SSSR count). The second-order valence-electron chi connectivity index (χ2n) is 6.19. The first-order chi connectivity index (χ1) is 9.54. The molecule has 0 aliphatic heterocycles. The zero-order chi connectivity index (χ0) is 15.0. The highest BCUT2D eigenvalue weighted by atomic mass is 15.1. The fourth-order valence-electron chi connectivity index (χ4n) is 2.54. The number of hydrogen-bond acceptors (Lipinski definition) is 2. The van der Waals surface area contributed by atoms with Gasteiger partial charge in [0.1, 0.15) is 0 Å². The van der Waals surface area contributed by atoms with Crippen LogP contribution in [-0.4, -0.2) is 24.0 Å². The van der Waals surface area contributed by atoms with Crippen molar-refractivity contribution in [2.45, 2.75) is 65.3 Å². The monoisotopic (exact) mass is 276 g/mol. The standard InChI is InChI=1S/C18H32N2/c1-5-6-7-13-20(15(2)3)14-12-16(4)17-8-10-18(19)11-9-17/h8-11,15-16H,5-7,12-14,19H2,1-4H3. The Morgan fingerprint density at radius 2 is 1.65 bits per heavy atom. The summed E-state index contributed by atoms with van der Waals surface area (Å²) in [5.74, 6) is 0.600. The second kappa shape index (κ2) is 9.02. The molecule has 2 N–H and O–H groups in total. The molecule has 0 aliphatic carbocycles. The summed E-state index contributed by atoms with van der Waals surface area (Å²) in [4.78, 5) is 2.61. The minimum absolute atomic E-state index is 0.600. The smallest absolute Gasteiger partial charge is 0.0314 e. The SMILES string of the molecule is CCCCCN(CCC(C)c1ccc(N)cc1)C(C)C. The van der Waals surface area contributed by atoms with Crippen LogP contribution in [0.3, 0.4) is 0 Å². The third-order valence-corrected chi connectivity index (χ3v) is 4.13. The number of nitrogens with zero attached hydrogens (tertiary/aromatic N) is 1. The lowest BCUT2D eigenvalue weighted by atomic mass is 9.97. The van der Waals surface area contributed by atoms with Gasteiger partial charge in [0.05, 0.1) is 0 Å². The number of rotatable bonds is 9. The van der Waals surface area contributed by atoms with Gasteiger partial charge < -0.3 is 10.6 Å². The molecule has 0 saturated heterocycles. The molecule has 114 valence electrons. The highest BCUT2D eigenvalue weighted by molar-refractivity contribution is 5.40. The third kappa shape index (κ3) is 5.96. The Bertz CT molecular complexity index is 356. The van der Waals surface area contributed by atoms with E-state index in [1.165, 1.54) is 44.3 Å². The van der Waals surface area contributed by atoms with Crippen LogP contribution >= 0.6 is 0 Å². The summed E-state index contributed by atoms with van der Waals surface area (Å²) in [6, 6.07) is 8.99. The summed E-state index contributed by atoms with van der Waals surface area (Å²) < 4.78 is 0. The molecular weight excluding hydrogens is 244 g/mol. The molecule has 2 nitrogen and oxygen atoms in total. The number of anilines is 1. The Hall–Kier alpha value is -1.02. The van der Waals surface area contributed by atoms with Crippen LogP contribution in [0.5, 0.6) is 0 Å². The first kappa shape index (κ1) is 17.0. The predicted octanol–water partition coefficient (Wildman–Crippen LogP) is 4.66. The molecule has 0 radical (unpaired) electrons. The van der Waals surface area contributed by atoms with E-state index in [0.29, 0.717) is 12.0 Å². The fraction of sp³-hybridized carbons (Fsp3) is 0.667. The van der Waals surface area contributed by atoms with Gasteiger partial charge in [-0.25, -0.2) is 0 Å². The van der Waals surface area contributed by atoms with E-state index in [0.717, 1.165) is 5.69 Å². The van der Waals surface area contributed by atoms with Crippen LogP contribution in [-0.2, 0) is 0 Å². The van der Waals surface area contributed by atoms with Crippen molar-refractivity contribution in [2.24, 2.45) is 0 Å². The van der Waals surface area contributed by atoms with E-state index in [-0.39, 0.29) is 0 Å². The zero-order valence-corrected chi connectivity index (χ0v) is 13.7. The van der Waals surface area contributed by atoms with Gasteiger partial charge in [-0.05, 0) is 63.4 Å². The minimum Gasteiger partial charge on any atom is -0.399 e. The maximum absolute atomic E-state index is 5.75. The number of unbranched alkanes of at least 4 members (excludes halogenated alkanes) is 2. The number of benzene rings is 1. The van der Waals surface area contributed by atoms with E-state index in [4.69, 9.17) is 5.73 Å². The molecule has 0 aliphatic rings. The minimum atomic E-state index is 0.600. The highest BCUT2D eigenvalue weighted by Gasteiger charge is 2.12. The molecule has 1 aromatic rings. The van der Waals surface area contributed by atoms with E-state index in [9.17, 15) is 0 Å². The Kier molecular flexibility index (Phi) is 7.68. The Morgan fingerprint density at radius 1 is 1.00 bits per heavy atom. The van der Waals surface area contributed by atoms with Gasteiger partial charge in [0, 0.05) is 11.7 Å². The van der Waals surface area contributed by atoms with Gasteiger partial charge in [-0.1, -0.05) is 38.8 Å². The van der Waals surface area contributed by atoms with Crippen LogP contribution in [0.25, 0.3) is 0 Å². The van der Waals surface area contributed by atoms with E-state index in [1.807, 2.05) is 12.1 Å². The molecule has 0 aromatic heterocycles. The van der Waals surface area contributed by atoms with Crippen molar-refractivity contribution in [2.75, 3.05) is 18.8 Å². The number of nitrogen functional groups attached to an aromatic ring is 1. The Morgan fingerprint density at radius 3 is 2.20 bits per heavy atom. The first-order valence-corrected chi connectivity index (χ1v) is 8.14. The molecule has 2 heteroatoms. The summed E-state index contributed by atoms with van der Waals surface area (Å²) in [5.41, 5.74) is 8.00. The topological polar surface area (TPSA) is 29.3 Å². The Labute approximate surface area is 125 Å². The summed E-state index contributed by atoms with van der Waals surface area (Å²) in [6.07, 6.45) is 5.18. The largest absolute Gasteiger partial charge is 0.399 e. The van der Waals surface area contributed by atoms with Crippen molar-refractivity contribution in [1.82, 2.24) is 4.90 Å². The maximum atomic E-state index is 5.75. The van der Waals surface area contributed by atoms with Gasteiger partial charge in [0.25, 0.3) is 0 Å². The summed E-state index contributed by atoms with van der Waals surface area (Å²) in [5, 5.41) is 0. The van der Waals surface area contributed by atoms with Crippen LogP contribution in [0.1, 0.15) is 64.9 Å². The second-order valence-corrected chi connectivity index (χ2v) is 6.19. The molecule has 20 heavy (non-hydrogen) atoms. The molecule has 0 saturated carbocycles. The summed E-state index contributed by atoms with van der Waals surface area (Å²) in [7, 11) is 0. The molecule has 1 unspecified atom stereocenters. The molecule has 0 heterocycles. The van der Waals surface area contributed by atoms with Crippen molar-refractivity contribution in [3.8, 4) is 0 Å². The van der Waals surface area contributed by atoms with Crippen LogP contribution in [0.2, 0.25) is 0 Å². The molecule has 1 atom stereocenters. The zero-order valence-electron chi connectivity index (χ0n) is 13.7. The highest BCUT2D eigenvalue weighted by Crippen LogP contribution is 2.21. The summed E-state index contributed by atoms with van der Waals surface area (Å²) in [6.45, 7) is 11.6. The molecule has 0 bridgehead atoms. The van der Waals surface area contributed by atoms with E-state index >= 15 is 0 Å². The molecular formula is C18H32N2. The lowest BCUT2D eigenvalue weighted by Gasteiger charge is -2.27. The quantitative estimate of drug-likeness (QED) is 0.525. The molecule has 0 fully saturated rings. The average Bonchev–Trinajstić information content (AvgIpc) is 2.42. The third-order valence-electron chi connectivity index (χ3n) is 4.13. The van der Waals surface area contributed by atoms with E-state index < -0.39 is 0 Å². The van der Waals surface area contributed by atoms with Crippen molar-refractivity contribution >= 4 is 5.69 Å². The van der Waals surface area contributed by atoms with E-state index in [1.54, 1.807) is 0 Å². The van der Waals surface area contributed by atoms with Gasteiger partial charge in [-0.15, -0.1) is 0 Å². The fourth-order valence-corrected chi connectivity index (χ4v) is 2.54. The van der Waals surface area contributed by atoms with Crippen molar-refractivity contribution < 1.29 is 0 Å². The first-order valence-electron chi connectivity index (χ1n) is 8.14. The van der Waals surface area contributed by atoms with Gasteiger partial charge in [0.2, 0.25) is 0 Å². The maximum Gasteiger partial charge on any atom is 0.0314 e. The van der Waals surface area contributed by atoms with Crippen LogP contribution < -0.4 is 5.73 Å². The van der Waals surface area contributed by atoms with Gasteiger partial charge in [-0.3, -0.25) is 0 Å². The van der Waals surface area contributed by atoms with Crippen molar-refractivity contribution in [1.29, 1.82) is 0 Å². The molecule has 0 amide bonds. The van der Waals surface area contributed by atoms with Crippen molar-refractivity contribution in [3.63, 3.8) is 0 Å². The number of nitrogens with two attached hydrogens (primary N) is 1. The van der Waals surface area contributed by atoms with Crippen LogP contribution in [0.4, 0.5) is 5.69 Å². The van der Waals surface area contributed by atoms with E-state index in [2.05, 4.69) is 44.7 Å². The molecule has 1 aromatic carbocycles. The van der Waals surface area contributed by atoms with Crippen molar-refractivity contribution in [3.05, 3.63) is 29.8 Å². The average molecular weight is 276 g/mol. The molecule has 0 spiro atoms. The predicted molar refractivity (Wildman–Crippen MR) is 90.1 cm³/mol. The van der Waals surface area contributed by atoms with Gasteiger partial charge >= 0.3 is 0 Å². The van der Waals surface area contributed by atoms with Crippen LogP contribution in [0, 0.1) is 0 Å². The van der Waals surface area contributed by atoms with Gasteiger partial charge in [-0.2, -0.15) is 0 Å². The van der Waals surface area contributed by atoms with Crippen LogP contribution in [0.15, 0.2) is 24.3 Å². The Balaban J connectivity index is 2.43. The lowest BCUT2D eigenvalue weighted by Crippen LogP contribution is -2.33. The summed E-state index contributed by atoms with van der Waals surface area (Å²) >= 11 is 0. The van der Waals surface area contributed by atoms with Gasteiger partial charge in [0.15, 0.2) is 0 Å². The number of hydrogen-bond donors (Lipinski definition) is 1. The lowest BCUT2D eigenvalue weighted by molar-refractivity contribution is 0.210.